The fraction of sp³-hybridized carbons (Fsp3) is 0.273. The molecule has 1 heterocycles. The minimum absolute atomic E-state index is 0.178. The second-order valence-corrected chi connectivity index (χ2v) is 7.02. The van der Waals surface area contributed by atoms with Crippen LogP contribution < -0.4 is 10.1 Å². The highest BCUT2D eigenvalue weighted by Crippen LogP contribution is 2.23. The summed E-state index contributed by atoms with van der Waals surface area (Å²) in [6, 6.07) is 14.2. The van der Waals surface area contributed by atoms with E-state index in [4.69, 9.17) is 16.3 Å². The maximum absolute atomic E-state index is 12.9. The minimum atomic E-state index is -0.384. The number of nitrogens with one attached hydrogen (secondary N) is 1. The van der Waals surface area contributed by atoms with Gasteiger partial charge in [0.15, 0.2) is 0 Å². The van der Waals surface area contributed by atoms with Crippen LogP contribution in [0.15, 0.2) is 60.9 Å². The van der Waals surface area contributed by atoms with Gasteiger partial charge in [-0.15, -0.1) is 0 Å². The molecule has 1 N–H and O–H groups in total. The Balaban J connectivity index is 1.78. The van der Waals surface area contributed by atoms with Gasteiger partial charge in [0.25, 0.3) is 5.91 Å². The number of unbranched alkanes of at least 4 members (excludes halogenated alkanes) is 1. The zero-order valence-electron chi connectivity index (χ0n) is 16.1. The molecule has 1 aromatic heterocycles. The zero-order valence-corrected chi connectivity index (χ0v) is 16.8. The fourth-order valence-corrected chi connectivity index (χ4v) is 2.98. The van der Waals surface area contributed by atoms with Crippen molar-refractivity contribution in [2.24, 2.45) is 7.05 Å². The van der Waals surface area contributed by atoms with E-state index in [1.165, 1.54) is 0 Å². The quantitative estimate of drug-likeness (QED) is 0.557. The maximum atomic E-state index is 12.9. The van der Waals surface area contributed by atoms with Crippen molar-refractivity contribution in [3.8, 4) is 5.75 Å². The number of aromatic nitrogens is 2. The maximum Gasteiger partial charge on any atom is 0.252 e. The Morgan fingerprint density at radius 3 is 2.50 bits per heavy atom. The molecule has 0 radical (unpaired) electrons. The number of hydrogen-bond acceptors (Lipinski definition) is 3. The molecule has 0 spiro atoms. The molecule has 6 heteroatoms. The summed E-state index contributed by atoms with van der Waals surface area (Å²) in [5, 5.41) is 3.72. The lowest BCUT2D eigenvalue weighted by Gasteiger charge is -2.19. The highest BCUT2D eigenvalue weighted by molar-refractivity contribution is 6.30. The first kappa shape index (κ1) is 20.0. The number of carbonyl (C=O) groups is 1. The van der Waals surface area contributed by atoms with Crippen molar-refractivity contribution in [2.75, 3.05) is 6.61 Å². The van der Waals surface area contributed by atoms with E-state index in [9.17, 15) is 4.79 Å². The molecule has 2 aromatic carbocycles. The summed E-state index contributed by atoms with van der Waals surface area (Å²) in [6.45, 7) is 2.80. The SMILES string of the molecule is CCCCOc1ccc(C(=O)N[C@H](c2ccc(Cl)cc2)c2nccn2C)cc1. The van der Waals surface area contributed by atoms with Gasteiger partial charge in [0, 0.05) is 30.0 Å². The standard InChI is InChI=1S/C22H24ClN3O2/c1-3-4-15-28-19-11-7-17(8-12-19)22(27)25-20(21-24-13-14-26(21)2)16-5-9-18(23)10-6-16/h5-14,20H,3-4,15H2,1-2H3,(H,25,27)/t20-/m1/s1. The van der Waals surface area contributed by atoms with Gasteiger partial charge < -0.3 is 14.6 Å². The third-order valence-electron chi connectivity index (χ3n) is 4.48. The predicted molar refractivity (Wildman–Crippen MR) is 111 cm³/mol. The molecule has 5 nitrogen and oxygen atoms in total. The van der Waals surface area contributed by atoms with E-state index in [1.54, 1.807) is 30.5 Å². The van der Waals surface area contributed by atoms with Gasteiger partial charge in [-0.3, -0.25) is 4.79 Å². The molecule has 0 aliphatic carbocycles. The number of ether oxygens (including phenoxy) is 1. The Hall–Kier alpha value is -2.79. The van der Waals surface area contributed by atoms with Gasteiger partial charge in [0.2, 0.25) is 0 Å². The van der Waals surface area contributed by atoms with Crippen LogP contribution in [0, 0.1) is 0 Å². The second-order valence-electron chi connectivity index (χ2n) is 6.58. The average Bonchev–Trinajstić information content (AvgIpc) is 3.13. The Bertz CT molecular complexity index is 904. The molecule has 3 rings (SSSR count). The van der Waals surface area contributed by atoms with Gasteiger partial charge >= 0.3 is 0 Å². The van der Waals surface area contributed by atoms with E-state index < -0.39 is 0 Å². The predicted octanol–water partition coefficient (Wildman–Crippen LogP) is 4.77. The molecule has 0 fully saturated rings. The monoisotopic (exact) mass is 397 g/mol. The summed E-state index contributed by atoms with van der Waals surface area (Å²) in [5.74, 6) is 1.33. The number of halogens is 1. The molecule has 0 aliphatic heterocycles. The molecular weight excluding hydrogens is 374 g/mol. The first-order valence-corrected chi connectivity index (χ1v) is 9.72. The van der Waals surface area contributed by atoms with Gasteiger partial charge in [0.05, 0.1) is 6.61 Å². The molecule has 3 aromatic rings. The van der Waals surface area contributed by atoms with Crippen LogP contribution in [0.4, 0.5) is 0 Å². The van der Waals surface area contributed by atoms with Crippen LogP contribution in [-0.2, 0) is 7.05 Å². The number of hydrogen-bond donors (Lipinski definition) is 1. The van der Waals surface area contributed by atoms with Crippen LogP contribution in [0.3, 0.4) is 0 Å². The molecule has 0 unspecified atom stereocenters. The van der Waals surface area contributed by atoms with E-state index in [2.05, 4.69) is 17.2 Å². The Morgan fingerprint density at radius 2 is 1.89 bits per heavy atom. The van der Waals surface area contributed by atoms with Crippen molar-refractivity contribution in [3.63, 3.8) is 0 Å². The van der Waals surface area contributed by atoms with Crippen molar-refractivity contribution < 1.29 is 9.53 Å². The number of carbonyl (C=O) groups excluding carboxylic acids is 1. The first-order valence-electron chi connectivity index (χ1n) is 9.35. The van der Waals surface area contributed by atoms with E-state index in [1.807, 2.05) is 42.1 Å². The van der Waals surface area contributed by atoms with Gasteiger partial charge in [-0.1, -0.05) is 37.1 Å². The van der Waals surface area contributed by atoms with Gasteiger partial charge in [-0.05, 0) is 48.4 Å². The number of imidazole rings is 1. The normalized spacial score (nSPS) is 11.8. The summed E-state index contributed by atoms with van der Waals surface area (Å²) in [4.78, 5) is 17.3. The summed E-state index contributed by atoms with van der Waals surface area (Å²) in [7, 11) is 1.90. The van der Waals surface area contributed by atoms with Gasteiger partial charge in [-0.25, -0.2) is 4.98 Å². The summed E-state index contributed by atoms with van der Waals surface area (Å²) in [6.07, 6.45) is 5.66. The van der Waals surface area contributed by atoms with Crippen LogP contribution in [-0.4, -0.2) is 22.1 Å². The van der Waals surface area contributed by atoms with Crippen LogP contribution in [0.1, 0.15) is 47.6 Å². The van der Waals surface area contributed by atoms with Crippen molar-refractivity contribution in [3.05, 3.63) is 82.9 Å². The lowest BCUT2D eigenvalue weighted by Crippen LogP contribution is -2.31. The number of aryl methyl sites for hydroxylation is 1. The summed E-state index contributed by atoms with van der Waals surface area (Å²) in [5.41, 5.74) is 1.47. The fourth-order valence-electron chi connectivity index (χ4n) is 2.86. The number of rotatable bonds is 8. The Morgan fingerprint density at radius 1 is 1.18 bits per heavy atom. The third-order valence-corrected chi connectivity index (χ3v) is 4.73. The highest BCUT2D eigenvalue weighted by Gasteiger charge is 2.21. The van der Waals surface area contributed by atoms with Crippen LogP contribution in [0.25, 0.3) is 0 Å². The number of benzene rings is 2. The Kier molecular flexibility index (Phi) is 6.71. The molecule has 1 atom stereocenters. The van der Waals surface area contributed by atoms with E-state index in [0.717, 1.165) is 30.0 Å². The van der Waals surface area contributed by atoms with Crippen molar-refractivity contribution >= 4 is 17.5 Å². The number of amides is 1. The lowest BCUT2D eigenvalue weighted by atomic mass is 10.1. The first-order chi connectivity index (χ1) is 13.6. The second kappa shape index (κ2) is 9.42. The molecule has 1 amide bonds. The molecule has 0 saturated heterocycles. The van der Waals surface area contributed by atoms with Crippen LogP contribution in [0.2, 0.25) is 5.02 Å². The summed E-state index contributed by atoms with van der Waals surface area (Å²) >= 11 is 6.01. The molecule has 28 heavy (non-hydrogen) atoms. The average molecular weight is 398 g/mol. The van der Waals surface area contributed by atoms with E-state index in [-0.39, 0.29) is 11.9 Å². The minimum Gasteiger partial charge on any atom is -0.494 e. The van der Waals surface area contributed by atoms with Gasteiger partial charge in [0.1, 0.15) is 17.6 Å². The zero-order chi connectivity index (χ0) is 19.9. The van der Waals surface area contributed by atoms with Gasteiger partial charge in [-0.2, -0.15) is 0 Å². The highest BCUT2D eigenvalue weighted by atomic mass is 35.5. The largest absolute Gasteiger partial charge is 0.494 e. The van der Waals surface area contributed by atoms with Crippen LogP contribution in [0.5, 0.6) is 5.75 Å². The van der Waals surface area contributed by atoms with E-state index >= 15 is 0 Å². The van der Waals surface area contributed by atoms with Crippen molar-refractivity contribution in [1.82, 2.24) is 14.9 Å². The molecule has 146 valence electrons. The molecule has 0 saturated carbocycles. The molecular formula is C22H24ClN3O2. The van der Waals surface area contributed by atoms with E-state index in [0.29, 0.717) is 17.2 Å². The number of nitrogens with zero attached hydrogens (tertiary/aromatic N) is 2. The van der Waals surface area contributed by atoms with Crippen molar-refractivity contribution in [1.29, 1.82) is 0 Å². The third kappa shape index (κ3) is 4.93. The molecule has 0 aliphatic rings. The topological polar surface area (TPSA) is 56.1 Å². The summed E-state index contributed by atoms with van der Waals surface area (Å²) < 4.78 is 7.55. The van der Waals surface area contributed by atoms with Crippen LogP contribution >= 0.6 is 11.6 Å². The molecule has 0 bridgehead atoms. The smallest absolute Gasteiger partial charge is 0.252 e. The lowest BCUT2D eigenvalue weighted by molar-refractivity contribution is 0.0941. The van der Waals surface area contributed by atoms with Crippen molar-refractivity contribution in [2.45, 2.75) is 25.8 Å². The Labute approximate surface area is 170 Å².